The summed E-state index contributed by atoms with van der Waals surface area (Å²) < 4.78 is 0. The SMILES string of the molecule is NC(=S)c1cccc([N+](=O)[O-])c1N. The van der Waals surface area contributed by atoms with Crippen molar-refractivity contribution in [3.05, 3.63) is 33.9 Å². The topological polar surface area (TPSA) is 95.2 Å². The Labute approximate surface area is 79.5 Å². The number of nitro groups is 1. The van der Waals surface area contributed by atoms with Crippen LogP contribution in [0.2, 0.25) is 0 Å². The zero-order valence-electron chi connectivity index (χ0n) is 6.56. The van der Waals surface area contributed by atoms with Gasteiger partial charge in [0.05, 0.1) is 4.92 Å². The Hall–Kier alpha value is -1.69. The minimum atomic E-state index is -0.572. The lowest BCUT2D eigenvalue weighted by Gasteiger charge is -2.02. The van der Waals surface area contributed by atoms with E-state index in [1.165, 1.54) is 12.1 Å². The zero-order chi connectivity index (χ0) is 10.0. The van der Waals surface area contributed by atoms with Crippen LogP contribution in [0.25, 0.3) is 0 Å². The van der Waals surface area contributed by atoms with Gasteiger partial charge in [-0.2, -0.15) is 0 Å². The summed E-state index contributed by atoms with van der Waals surface area (Å²) >= 11 is 4.67. The highest BCUT2D eigenvalue weighted by Gasteiger charge is 2.14. The first-order valence-electron chi connectivity index (χ1n) is 3.36. The van der Waals surface area contributed by atoms with E-state index in [1.807, 2.05) is 0 Å². The van der Waals surface area contributed by atoms with Gasteiger partial charge in [-0.25, -0.2) is 0 Å². The van der Waals surface area contributed by atoms with Crippen molar-refractivity contribution in [2.45, 2.75) is 0 Å². The summed E-state index contributed by atoms with van der Waals surface area (Å²) in [6.07, 6.45) is 0. The lowest BCUT2D eigenvalue weighted by Crippen LogP contribution is -2.12. The van der Waals surface area contributed by atoms with E-state index in [9.17, 15) is 10.1 Å². The van der Waals surface area contributed by atoms with Crippen LogP contribution in [0.15, 0.2) is 18.2 Å². The van der Waals surface area contributed by atoms with Gasteiger partial charge in [0.25, 0.3) is 5.69 Å². The first-order chi connectivity index (χ1) is 6.04. The lowest BCUT2D eigenvalue weighted by atomic mass is 10.1. The molecule has 0 spiro atoms. The molecule has 1 aromatic carbocycles. The number of rotatable bonds is 2. The first-order valence-corrected chi connectivity index (χ1v) is 3.77. The molecule has 0 aliphatic heterocycles. The van der Waals surface area contributed by atoms with Gasteiger partial charge in [-0.15, -0.1) is 0 Å². The zero-order valence-corrected chi connectivity index (χ0v) is 7.38. The Morgan fingerprint density at radius 1 is 1.54 bits per heavy atom. The fourth-order valence-corrected chi connectivity index (χ4v) is 1.11. The molecule has 0 aliphatic carbocycles. The number of hydrogen-bond donors (Lipinski definition) is 2. The van der Waals surface area contributed by atoms with E-state index in [2.05, 4.69) is 12.2 Å². The smallest absolute Gasteiger partial charge is 0.292 e. The average molecular weight is 197 g/mol. The largest absolute Gasteiger partial charge is 0.393 e. The number of nitro benzene ring substituents is 1. The number of nitrogens with zero attached hydrogens (tertiary/aromatic N) is 1. The molecule has 6 heteroatoms. The Morgan fingerprint density at radius 3 is 2.62 bits per heavy atom. The van der Waals surface area contributed by atoms with Crippen LogP contribution in [-0.4, -0.2) is 9.91 Å². The maximum absolute atomic E-state index is 10.4. The monoisotopic (exact) mass is 197 g/mol. The van der Waals surface area contributed by atoms with Gasteiger partial charge < -0.3 is 11.5 Å². The second kappa shape index (κ2) is 3.36. The molecule has 5 nitrogen and oxygen atoms in total. The molecule has 1 aromatic rings. The van der Waals surface area contributed by atoms with Crippen LogP contribution in [-0.2, 0) is 0 Å². The molecule has 0 bridgehead atoms. The van der Waals surface area contributed by atoms with Crippen LogP contribution in [0.1, 0.15) is 5.56 Å². The quantitative estimate of drug-likeness (QED) is 0.316. The number of hydrogen-bond acceptors (Lipinski definition) is 4. The van der Waals surface area contributed by atoms with E-state index in [0.717, 1.165) is 0 Å². The maximum atomic E-state index is 10.4. The molecule has 13 heavy (non-hydrogen) atoms. The molecule has 68 valence electrons. The number of thiocarbonyl (C=S) groups is 1. The second-order valence-electron chi connectivity index (χ2n) is 2.36. The van der Waals surface area contributed by atoms with Crippen molar-refractivity contribution in [2.24, 2.45) is 5.73 Å². The van der Waals surface area contributed by atoms with Gasteiger partial charge in [0, 0.05) is 11.6 Å². The molecule has 0 amide bonds. The number of para-hydroxylation sites is 1. The predicted octanol–water partition coefficient (Wildman–Crippen LogP) is 0.811. The van der Waals surface area contributed by atoms with Crippen LogP contribution in [0.5, 0.6) is 0 Å². The summed E-state index contributed by atoms with van der Waals surface area (Å²) in [6, 6.07) is 4.34. The average Bonchev–Trinajstić information content (AvgIpc) is 2.03. The molecule has 0 heterocycles. The third-order valence-corrected chi connectivity index (χ3v) is 1.77. The molecule has 0 unspecified atom stereocenters. The van der Waals surface area contributed by atoms with E-state index < -0.39 is 4.92 Å². The van der Waals surface area contributed by atoms with Gasteiger partial charge in [0.15, 0.2) is 0 Å². The van der Waals surface area contributed by atoms with E-state index in [4.69, 9.17) is 11.5 Å². The molecule has 0 fully saturated rings. The van der Waals surface area contributed by atoms with Gasteiger partial charge in [-0.3, -0.25) is 10.1 Å². The normalized spacial score (nSPS) is 9.54. The van der Waals surface area contributed by atoms with Gasteiger partial charge in [-0.05, 0) is 6.07 Å². The van der Waals surface area contributed by atoms with Crippen LogP contribution < -0.4 is 11.5 Å². The molecule has 1 rings (SSSR count). The second-order valence-corrected chi connectivity index (χ2v) is 2.80. The summed E-state index contributed by atoms with van der Waals surface area (Å²) in [4.78, 5) is 9.92. The summed E-state index contributed by atoms with van der Waals surface area (Å²) in [5.41, 5.74) is 11.0. The van der Waals surface area contributed by atoms with Crippen molar-refractivity contribution in [2.75, 3.05) is 5.73 Å². The fourth-order valence-electron chi connectivity index (χ4n) is 0.927. The van der Waals surface area contributed by atoms with Crippen LogP contribution in [0, 0.1) is 10.1 Å². The first kappa shape index (κ1) is 9.40. The number of benzene rings is 1. The van der Waals surface area contributed by atoms with Crippen molar-refractivity contribution in [1.82, 2.24) is 0 Å². The van der Waals surface area contributed by atoms with Crippen molar-refractivity contribution < 1.29 is 4.92 Å². The summed E-state index contributed by atoms with van der Waals surface area (Å²) in [7, 11) is 0. The van der Waals surface area contributed by atoms with Gasteiger partial charge in [0.2, 0.25) is 0 Å². The molecular formula is C7H7N3O2S. The standard InChI is InChI=1S/C7H7N3O2S/c8-6-4(7(9)13)2-1-3-5(6)10(11)12/h1-3H,8H2,(H2,9,13). The van der Waals surface area contributed by atoms with Gasteiger partial charge in [0.1, 0.15) is 10.7 Å². The molecular weight excluding hydrogens is 190 g/mol. The summed E-state index contributed by atoms with van der Waals surface area (Å²) in [6.45, 7) is 0. The predicted molar refractivity (Wildman–Crippen MR) is 53.4 cm³/mol. The summed E-state index contributed by atoms with van der Waals surface area (Å²) in [5.74, 6) is 0. The van der Waals surface area contributed by atoms with Crippen LogP contribution >= 0.6 is 12.2 Å². The Balaban J connectivity index is 3.35. The van der Waals surface area contributed by atoms with Gasteiger partial charge >= 0.3 is 0 Å². The van der Waals surface area contributed by atoms with E-state index >= 15 is 0 Å². The molecule has 0 saturated heterocycles. The lowest BCUT2D eigenvalue weighted by molar-refractivity contribution is -0.383. The van der Waals surface area contributed by atoms with Crippen molar-refractivity contribution in [3.8, 4) is 0 Å². The van der Waals surface area contributed by atoms with E-state index in [0.29, 0.717) is 5.56 Å². The number of anilines is 1. The molecule has 0 aliphatic rings. The minimum Gasteiger partial charge on any atom is -0.393 e. The maximum Gasteiger partial charge on any atom is 0.292 e. The molecule has 0 saturated carbocycles. The highest BCUT2D eigenvalue weighted by molar-refractivity contribution is 7.80. The molecule has 0 radical (unpaired) electrons. The molecule has 4 N–H and O–H groups in total. The Kier molecular flexibility index (Phi) is 2.43. The van der Waals surface area contributed by atoms with Gasteiger partial charge in [-0.1, -0.05) is 18.3 Å². The summed E-state index contributed by atoms with van der Waals surface area (Å²) in [5, 5.41) is 10.4. The van der Waals surface area contributed by atoms with E-state index in [1.54, 1.807) is 6.07 Å². The minimum absolute atomic E-state index is 0.0139. The van der Waals surface area contributed by atoms with Crippen molar-refractivity contribution in [3.63, 3.8) is 0 Å². The highest BCUT2D eigenvalue weighted by Crippen LogP contribution is 2.24. The molecule has 0 atom stereocenters. The number of nitrogen functional groups attached to an aromatic ring is 1. The van der Waals surface area contributed by atoms with Crippen LogP contribution in [0.4, 0.5) is 11.4 Å². The number of nitrogens with two attached hydrogens (primary N) is 2. The third-order valence-electron chi connectivity index (χ3n) is 1.55. The molecule has 0 aromatic heterocycles. The Bertz CT molecular complexity index is 346. The fraction of sp³-hybridized carbons (Fsp3) is 0. The van der Waals surface area contributed by atoms with Crippen molar-refractivity contribution >= 4 is 28.6 Å². The van der Waals surface area contributed by atoms with E-state index in [-0.39, 0.29) is 16.4 Å². The Morgan fingerprint density at radius 2 is 2.15 bits per heavy atom. The van der Waals surface area contributed by atoms with Crippen molar-refractivity contribution in [1.29, 1.82) is 0 Å². The van der Waals surface area contributed by atoms with Crippen LogP contribution in [0.3, 0.4) is 0 Å². The highest BCUT2D eigenvalue weighted by atomic mass is 32.1. The third kappa shape index (κ3) is 1.73.